The first-order chi connectivity index (χ1) is 9.43. The summed E-state index contributed by atoms with van der Waals surface area (Å²) in [5.74, 6) is -0.334. The maximum absolute atomic E-state index is 12.1. The zero-order valence-electron chi connectivity index (χ0n) is 12.5. The number of rotatable bonds is 6. The third-order valence-electron chi connectivity index (χ3n) is 2.69. The molecule has 2 amide bonds. The Morgan fingerprint density at radius 2 is 1.85 bits per heavy atom. The molecular weight excluding hydrogens is 256 g/mol. The second-order valence-electron chi connectivity index (χ2n) is 5.01. The van der Waals surface area contributed by atoms with Gasteiger partial charge in [-0.1, -0.05) is 12.1 Å². The minimum Gasteiger partial charge on any atom is -0.380 e. The summed E-state index contributed by atoms with van der Waals surface area (Å²) in [5, 5.41) is 2.76. The number of ether oxygens (including phenoxy) is 1. The largest absolute Gasteiger partial charge is 0.380 e. The molecule has 0 aliphatic heterocycles. The lowest BCUT2D eigenvalue weighted by Crippen LogP contribution is -2.40. The minimum absolute atomic E-state index is 0.0524. The van der Waals surface area contributed by atoms with E-state index in [4.69, 9.17) is 4.74 Å². The summed E-state index contributed by atoms with van der Waals surface area (Å²) in [6.45, 7) is 4.33. The van der Waals surface area contributed by atoms with Crippen LogP contribution in [0.3, 0.4) is 0 Å². The van der Waals surface area contributed by atoms with E-state index >= 15 is 0 Å². The van der Waals surface area contributed by atoms with E-state index in [-0.39, 0.29) is 24.4 Å². The first kappa shape index (κ1) is 16.2. The number of amides is 2. The van der Waals surface area contributed by atoms with Crippen LogP contribution in [0.2, 0.25) is 0 Å². The Hall–Kier alpha value is -1.88. The first-order valence-electron chi connectivity index (χ1n) is 6.56. The highest BCUT2D eigenvalue weighted by atomic mass is 16.5. The summed E-state index contributed by atoms with van der Waals surface area (Å²) < 4.78 is 5.02. The Kier molecular flexibility index (Phi) is 6.18. The number of likely N-dealkylation sites (N-methyl/N-ethyl adjacent to an activating group) is 1. The van der Waals surface area contributed by atoms with Crippen molar-refractivity contribution in [3.8, 4) is 0 Å². The van der Waals surface area contributed by atoms with Gasteiger partial charge in [-0.25, -0.2) is 0 Å². The van der Waals surface area contributed by atoms with E-state index in [0.717, 1.165) is 5.56 Å². The van der Waals surface area contributed by atoms with E-state index in [2.05, 4.69) is 5.32 Å². The van der Waals surface area contributed by atoms with Gasteiger partial charge in [0.2, 0.25) is 5.91 Å². The van der Waals surface area contributed by atoms with Crippen molar-refractivity contribution in [2.45, 2.75) is 26.5 Å². The summed E-state index contributed by atoms with van der Waals surface area (Å²) in [6, 6.07) is 7.25. The highest BCUT2D eigenvalue weighted by molar-refractivity contribution is 5.96. The molecule has 0 unspecified atom stereocenters. The van der Waals surface area contributed by atoms with E-state index in [1.165, 1.54) is 4.90 Å². The number of nitrogens with one attached hydrogen (secondary N) is 1. The van der Waals surface area contributed by atoms with Gasteiger partial charge in [-0.15, -0.1) is 0 Å². The topological polar surface area (TPSA) is 58.6 Å². The van der Waals surface area contributed by atoms with Crippen LogP contribution in [-0.2, 0) is 16.1 Å². The molecule has 5 nitrogen and oxygen atoms in total. The van der Waals surface area contributed by atoms with Crippen LogP contribution in [0.15, 0.2) is 24.3 Å². The summed E-state index contributed by atoms with van der Waals surface area (Å²) >= 11 is 0. The summed E-state index contributed by atoms with van der Waals surface area (Å²) in [7, 11) is 3.24. The highest BCUT2D eigenvalue weighted by Crippen LogP contribution is 2.07. The average Bonchev–Trinajstić information content (AvgIpc) is 2.38. The van der Waals surface area contributed by atoms with Gasteiger partial charge in [0.15, 0.2) is 0 Å². The van der Waals surface area contributed by atoms with Gasteiger partial charge in [0.05, 0.1) is 13.2 Å². The quantitative estimate of drug-likeness (QED) is 0.856. The van der Waals surface area contributed by atoms with Gasteiger partial charge >= 0.3 is 0 Å². The molecule has 0 heterocycles. The van der Waals surface area contributed by atoms with Crippen LogP contribution in [0.4, 0.5) is 0 Å². The molecule has 0 saturated heterocycles. The molecule has 0 spiro atoms. The first-order valence-corrected chi connectivity index (χ1v) is 6.56. The lowest BCUT2D eigenvalue weighted by Gasteiger charge is -2.18. The Bertz CT molecular complexity index is 455. The monoisotopic (exact) mass is 278 g/mol. The molecule has 1 aromatic carbocycles. The van der Waals surface area contributed by atoms with Crippen molar-refractivity contribution >= 4 is 11.8 Å². The van der Waals surface area contributed by atoms with Crippen molar-refractivity contribution in [3.63, 3.8) is 0 Å². The second-order valence-corrected chi connectivity index (χ2v) is 5.01. The fraction of sp³-hybridized carbons (Fsp3) is 0.467. The number of hydrogen-bond acceptors (Lipinski definition) is 3. The van der Waals surface area contributed by atoms with Crippen LogP contribution in [0.1, 0.15) is 29.8 Å². The molecule has 0 aromatic heterocycles. The molecular formula is C15H22N2O3. The molecule has 5 heteroatoms. The maximum Gasteiger partial charge on any atom is 0.254 e. The Morgan fingerprint density at radius 1 is 1.25 bits per heavy atom. The summed E-state index contributed by atoms with van der Waals surface area (Å²) in [4.78, 5) is 25.2. The molecule has 110 valence electrons. The normalized spacial score (nSPS) is 10.4. The molecule has 0 fully saturated rings. The van der Waals surface area contributed by atoms with Gasteiger partial charge in [0.1, 0.15) is 0 Å². The molecule has 0 atom stereocenters. The van der Waals surface area contributed by atoms with Crippen LogP contribution in [-0.4, -0.2) is 43.5 Å². The van der Waals surface area contributed by atoms with E-state index in [1.807, 2.05) is 26.0 Å². The van der Waals surface area contributed by atoms with Crippen molar-refractivity contribution in [1.82, 2.24) is 10.2 Å². The molecule has 0 saturated carbocycles. The number of nitrogens with zero attached hydrogens (tertiary/aromatic N) is 1. The van der Waals surface area contributed by atoms with E-state index in [0.29, 0.717) is 12.2 Å². The van der Waals surface area contributed by atoms with Crippen LogP contribution in [0, 0.1) is 0 Å². The molecule has 0 aliphatic rings. The fourth-order valence-corrected chi connectivity index (χ4v) is 1.79. The Balaban J connectivity index is 2.62. The van der Waals surface area contributed by atoms with Crippen molar-refractivity contribution in [1.29, 1.82) is 0 Å². The van der Waals surface area contributed by atoms with Crippen molar-refractivity contribution in [2.24, 2.45) is 0 Å². The number of carbonyl (C=O) groups excluding carboxylic acids is 2. The molecule has 1 N–H and O–H groups in total. The molecule has 0 aliphatic carbocycles. The number of benzene rings is 1. The van der Waals surface area contributed by atoms with Gasteiger partial charge in [-0.2, -0.15) is 0 Å². The lowest BCUT2D eigenvalue weighted by atomic mass is 10.1. The zero-order chi connectivity index (χ0) is 15.1. The number of methoxy groups -OCH3 is 1. The summed E-state index contributed by atoms with van der Waals surface area (Å²) in [5.41, 5.74) is 1.56. The predicted octanol–water partition coefficient (Wildman–Crippen LogP) is 1.43. The van der Waals surface area contributed by atoms with Crippen LogP contribution in [0.5, 0.6) is 0 Å². The third-order valence-corrected chi connectivity index (χ3v) is 2.69. The highest BCUT2D eigenvalue weighted by Gasteiger charge is 2.15. The van der Waals surface area contributed by atoms with Crippen molar-refractivity contribution < 1.29 is 14.3 Å². The second kappa shape index (κ2) is 7.65. The molecule has 0 radical (unpaired) electrons. The maximum atomic E-state index is 12.1. The molecule has 0 bridgehead atoms. The van der Waals surface area contributed by atoms with Gasteiger partial charge in [0.25, 0.3) is 5.91 Å². The molecule has 20 heavy (non-hydrogen) atoms. The minimum atomic E-state index is -0.173. The van der Waals surface area contributed by atoms with Gasteiger partial charge in [-0.05, 0) is 31.5 Å². The molecule has 1 rings (SSSR count). The fourth-order valence-electron chi connectivity index (χ4n) is 1.79. The smallest absolute Gasteiger partial charge is 0.254 e. The number of hydrogen-bond donors (Lipinski definition) is 1. The van der Waals surface area contributed by atoms with Crippen LogP contribution < -0.4 is 5.32 Å². The standard InChI is InChI=1S/C15H22N2O3/c1-11(2)16-14(18)9-17(3)15(19)13-7-5-12(6-8-13)10-20-4/h5-8,11H,9-10H2,1-4H3,(H,16,18). The van der Waals surface area contributed by atoms with E-state index < -0.39 is 0 Å². The predicted molar refractivity (Wildman–Crippen MR) is 77.4 cm³/mol. The van der Waals surface area contributed by atoms with Crippen molar-refractivity contribution in [2.75, 3.05) is 20.7 Å². The van der Waals surface area contributed by atoms with Crippen LogP contribution >= 0.6 is 0 Å². The Morgan fingerprint density at radius 3 is 2.35 bits per heavy atom. The Labute approximate surface area is 119 Å². The zero-order valence-corrected chi connectivity index (χ0v) is 12.5. The molecule has 1 aromatic rings. The van der Waals surface area contributed by atoms with Gasteiger partial charge < -0.3 is 15.0 Å². The summed E-state index contributed by atoms with van der Waals surface area (Å²) in [6.07, 6.45) is 0. The van der Waals surface area contributed by atoms with E-state index in [1.54, 1.807) is 26.3 Å². The SMILES string of the molecule is COCc1ccc(C(=O)N(C)CC(=O)NC(C)C)cc1. The van der Waals surface area contributed by atoms with E-state index in [9.17, 15) is 9.59 Å². The average molecular weight is 278 g/mol. The van der Waals surface area contributed by atoms with Gasteiger partial charge in [0, 0.05) is 25.8 Å². The van der Waals surface area contributed by atoms with Crippen molar-refractivity contribution in [3.05, 3.63) is 35.4 Å². The lowest BCUT2D eigenvalue weighted by molar-refractivity contribution is -0.122. The third kappa shape index (κ3) is 5.01. The van der Waals surface area contributed by atoms with Crippen LogP contribution in [0.25, 0.3) is 0 Å². The number of carbonyl (C=O) groups is 2. The van der Waals surface area contributed by atoms with Gasteiger partial charge in [-0.3, -0.25) is 9.59 Å².